The van der Waals surface area contributed by atoms with Crippen molar-refractivity contribution < 1.29 is 4.74 Å². The van der Waals surface area contributed by atoms with Gasteiger partial charge in [-0.2, -0.15) is 0 Å². The standard InChI is InChI=1S/C18H22N2O/c1-20-11-12-21-17(13-19)18(20)16-9-7-15(8-10-16)14-5-3-2-4-6-14/h2-10,17-18H,11-13,19H2,1H3. The number of benzene rings is 2. The second-order valence-corrected chi connectivity index (χ2v) is 5.56. The number of rotatable bonds is 3. The molecule has 2 atom stereocenters. The molecule has 1 saturated heterocycles. The lowest BCUT2D eigenvalue weighted by Crippen LogP contribution is -2.46. The molecule has 2 unspecified atom stereocenters. The molecule has 0 bridgehead atoms. The van der Waals surface area contributed by atoms with E-state index >= 15 is 0 Å². The van der Waals surface area contributed by atoms with Crippen molar-refractivity contribution in [1.82, 2.24) is 4.90 Å². The van der Waals surface area contributed by atoms with Crippen LogP contribution in [-0.2, 0) is 4.74 Å². The molecule has 3 rings (SSSR count). The van der Waals surface area contributed by atoms with Crippen LogP contribution >= 0.6 is 0 Å². The number of nitrogens with two attached hydrogens (primary N) is 1. The Labute approximate surface area is 126 Å². The first-order valence-electron chi connectivity index (χ1n) is 7.47. The van der Waals surface area contributed by atoms with E-state index in [0.717, 1.165) is 13.2 Å². The molecule has 1 fully saturated rings. The van der Waals surface area contributed by atoms with Gasteiger partial charge in [0.1, 0.15) is 0 Å². The zero-order valence-corrected chi connectivity index (χ0v) is 12.4. The Morgan fingerprint density at radius 3 is 2.38 bits per heavy atom. The normalized spacial score (nSPS) is 23.1. The van der Waals surface area contributed by atoms with Crippen molar-refractivity contribution >= 4 is 0 Å². The van der Waals surface area contributed by atoms with Crippen molar-refractivity contribution in [2.45, 2.75) is 12.1 Å². The Balaban J connectivity index is 1.86. The topological polar surface area (TPSA) is 38.5 Å². The van der Waals surface area contributed by atoms with Crippen LogP contribution in [0.15, 0.2) is 54.6 Å². The molecular formula is C18H22N2O. The third-order valence-electron chi connectivity index (χ3n) is 4.19. The molecule has 1 heterocycles. The number of likely N-dealkylation sites (N-methyl/N-ethyl adjacent to an activating group) is 1. The average Bonchev–Trinajstić information content (AvgIpc) is 2.55. The molecule has 0 aliphatic carbocycles. The highest BCUT2D eigenvalue weighted by molar-refractivity contribution is 5.63. The SMILES string of the molecule is CN1CCOC(CN)C1c1ccc(-c2ccccc2)cc1. The first kappa shape index (κ1) is 14.3. The van der Waals surface area contributed by atoms with Crippen molar-refractivity contribution in [3.63, 3.8) is 0 Å². The van der Waals surface area contributed by atoms with E-state index in [4.69, 9.17) is 10.5 Å². The van der Waals surface area contributed by atoms with E-state index in [1.807, 2.05) is 6.07 Å². The fourth-order valence-corrected chi connectivity index (χ4v) is 3.03. The fraction of sp³-hybridized carbons (Fsp3) is 0.333. The van der Waals surface area contributed by atoms with E-state index in [-0.39, 0.29) is 12.1 Å². The number of morpholine rings is 1. The van der Waals surface area contributed by atoms with Gasteiger partial charge in [0, 0.05) is 13.1 Å². The van der Waals surface area contributed by atoms with Crippen LogP contribution in [0.4, 0.5) is 0 Å². The Morgan fingerprint density at radius 2 is 1.71 bits per heavy atom. The maximum absolute atomic E-state index is 5.86. The Hall–Kier alpha value is -1.68. The highest BCUT2D eigenvalue weighted by atomic mass is 16.5. The molecule has 3 heteroatoms. The Bertz CT molecular complexity index is 568. The molecule has 1 aliphatic heterocycles. The minimum atomic E-state index is 0.0753. The van der Waals surface area contributed by atoms with Crippen LogP contribution < -0.4 is 5.73 Å². The van der Waals surface area contributed by atoms with Crippen LogP contribution in [0.5, 0.6) is 0 Å². The van der Waals surface area contributed by atoms with E-state index in [9.17, 15) is 0 Å². The van der Waals surface area contributed by atoms with Gasteiger partial charge in [-0.3, -0.25) is 4.90 Å². The summed E-state index contributed by atoms with van der Waals surface area (Å²) in [7, 11) is 2.14. The molecule has 2 aromatic carbocycles. The molecule has 110 valence electrons. The third kappa shape index (κ3) is 3.00. The molecule has 0 radical (unpaired) electrons. The number of ether oxygens (including phenoxy) is 1. The summed E-state index contributed by atoms with van der Waals surface area (Å²) in [4.78, 5) is 2.33. The van der Waals surface area contributed by atoms with Gasteiger partial charge in [0.25, 0.3) is 0 Å². The third-order valence-corrected chi connectivity index (χ3v) is 4.19. The summed E-state index contributed by atoms with van der Waals surface area (Å²) in [5, 5.41) is 0. The van der Waals surface area contributed by atoms with Crippen LogP contribution in [0.25, 0.3) is 11.1 Å². The van der Waals surface area contributed by atoms with Gasteiger partial charge in [-0.15, -0.1) is 0 Å². The molecule has 0 spiro atoms. The van der Waals surface area contributed by atoms with E-state index in [0.29, 0.717) is 6.54 Å². The van der Waals surface area contributed by atoms with Gasteiger partial charge < -0.3 is 10.5 Å². The van der Waals surface area contributed by atoms with Crippen LogP contribution in [0.1, 0.15) is 11.6 Å². The molecule has 2 aromatic rings. The largest absolute Gasteiger partial charge is 0.374 e. The van der Waals surface area contributed by atoms with Gasteiger partial charge in [-0.05, 0) is 23.7 Å². The average molecular weight is 282 g/mol. The van der Waals surface area contributed by atoms with Crippen LogP contribution in [0, 0.1) is 0 Å². The smallest absolute Gasteiger partial charge is 0.0894 e. The predicted molar refractivity (Wildman–Crippen MR) is 86.0 cm³/mol. The van der Waals surface area contributed by atoms with Gasteiger partial charge in [0.2, 0.25) is 0 Å². The summed E-state index contributed by atoms with van der Waals surface area (Å²) in [6.07, 6.45) is 0.0753. The number of hydrogen-bond acceptors (Lipinski definition) is 3. The zero-order valence-electron chi connectivity index (χ0n) is 12.4. The molecule has 0 amide bonds. The van der Waals surface area contributed by atoms with Crippen LogP contribution in [0.2, 0.25) is 0 Å². The van der Waals surface area contributed by atoms with Crippen molar-refractivity contribution in [2.24, 2.45) is 5.73 Å². The molecule has 21 heavy (non-hydrogen) atoms. The van der Waals surface area contributed by atoms with Crippen molar-refractivity contribution in [3.05, 3.63) is 60.2 Å². The quantitative estimate of drug-likeness (QED) is 0.940. The van der Waals surface area contributed by atoms with Gasteiger partial charge in [0.15, 0.2) is 0 Å². The van der Waals surface area contributed by atoms with Crippen LogP contribution in [0.3, 0.4) is 0 Å². The Morgan fingerprint density at radius 1 is 1.05 bits per heavy atom. The predicted octanol–water partition coefficient (Wildman–Crippen LogP) is 2.68. The molecular weight excluding hydrogens is 260 g/mol. The van der Waals surface area contributed by atoms with E-state index in [1.165, 1.54) is 16.7 Å². The fourth-order valence-electron chi connectivity index (χ4n) is 3.03. The second kappa shape index (κ2) is 6.39. The number of hydrogen-bond donors (Lipinski definition) is 1. The first-order valence-corrected chi connectivity index (χ1v) is 7.47. The summed E-state index contributed by atoms with van der Waals surface area (Å²) in [6, 6.07) is 19.4. The second-order valence-electron chi connectivity index (χ2n) is 5.56. The monoisotopic (exact) mass is 282 g/mol. The first-order chi connectivity index (χ1) is 10.3. The minimum absolute atomic E-state index is 0.0753. The summed E-state index contributed by atoms with van der Waals surface area (Å²) in [5.74, 6) is 0. The summed E-state index contributed by atoms with van der Waals surface area (Å²) in [6.45, 7) is 2.26. The van der Waals surface area contributed by atoms with Gasteiger partial charge in [-0.25, -0.2) is 0 Å². The maximum Gasteiger partial charge on any atom is 0.0894 e. The molecule has 3 nitrogen and oxygen atoms in total. The van der Waals surface area contributed by atoms with Crippen molar-refractivity contribution in [3.8, 4) is 11.1 Å². The highest BCUT2D eigenvalue weighted by Crippen LogP contribution is 2.29. The molecule has 1 aliphatic rings. The van der Waals surface area contributed by atoms with Crippen LogP contribution in [-0.4, -0.2) is 37.7 Å². The van der Waals surface area contributed by atoms with E-state index in [2.05, 4.69) is 60.5 Å². The lowest BCUT2D eigenvalue weighted by Gasteiger charge is -2.39. The summed E-state index contributed by atoms with van der Waals surface area (Å²) >= 11 is 0. The number of nitrogens with zero attached hydrogens (tertiary/aromatic N) is 1. The molecule has 0 saturated carbocycles. The van der Waals surface area contributed by atoms with E-state index < -0.39 is 0 Å². The van der Waals surface area contributed by atoms with Crippen molar-refractivity contribution in [1.29, 1.82) is 0 Å². The Kier molecular flexibility index (Phi) is 4.34. The minimum Gasteiger partial charge on any atom is -0.374 e. The molecule has 2 N–H and O–H groups in total. The summed E-state index contributed by atoms with van der Waals surface area (Å²) in [5.41, 5.74) is 9.62. The molecule has 0 aromatic heterocycles. The highest BCUT2D eigenvalue weighted by Gasteiger charge is 2.30. The van der Waals surface area contributed by atoms with E-state index in [1.54, 1.807) is 0 Å². The lowest BCUT2D eigenvalue weighted by atomic mass is 9.96. The van der Waals surface area contributed by atoms with Gasteiger partial charge in [0.05, 0.1) is 18.8 Å². The maximum atomic E-state index is 5.86. The van der Waals surface area contributed by atoms with Gasteiger partial charge in [-0.1, -0.05) is 54.6 Å². The lowest BCUT2D eigenvalue weighted by molar-refractivity contribution is -0.0576. The van der Waals surface area contributed by atoms with Gasteiger partial charge >= 0.3 is 0 Å². The zero-order chi connectivity index (χ0) is 14.7. The van der Waals surface area contributed by atoms with Crippen molar-refractivity contribution in [2.75, 3.05) is 26.7 Å². The summed E-state index contributed by atoms with van der Waals surface area (Å²) < 4.78 is 5.81.